The van der Waals surface area contributed by atoms with Crippen molar-refractivity contribution in [1.29, 1.82) is 0 Å². The van der Waals surface area contributed by atoms with Gasteiger partial charge in [0.15, 0.2) is 5.65 Å². The van der Waals surface area contributed by atoms with Crippen LogP contribution in [0.25, 0.3) is 11.2 Å². The van der Waals surface area contributed by atoms with Gasteiger partial charge in [-0.25, -0.2) is 4.98 Å². The molecule has 0 radical (unpaired) electrons. The first-order chi connectivity index (χ1) is 13.1. The highest BCUT2D eigenvalue weighted by atomic mass is 16.2. The largest absolute Gasteiger partial charge is 0.355 e. The molecule has 0 unspecified atom stereocenters. The Labute approximate surface area is 156 Å². The SMILES string of the molecule is CCn1c(=O)c(=O)n(CC(=O)NCCCc2ccccc2)c2cccnc21. The van der Waals surface area contributed by atoms with Gasteiger partial charge in [0.2, 0.25) is 5.91 Å². The average molecular weight is 366 g/mol. The molecule has 7 heteroatoms. The van der Waals surface area contributed by atoms with Gasteiger partial charge >= 0.3 is 11.1 Å². The van der Waals surface area contributed by atoms with Crippen LogP contribution in [-0.4, -0.2) is 26.6 Å². The quantitative estimate of drug-likeness (QED) is 0.505. The van der Waals surface area contributed by atoms with Crippen LogP contribution < -0.4 is 16.4 Å². The first-order valence-corrected chi connectivity index (χ1v) is 9.00. The Morgan fingerprint density at radius 2 is 1.78 bits per heavy atom. The zero-order valence-corrected chi connectivity index (χ0v) is 15.2. The molecule has 27 heavy (non-hydrogen) atoms. The van der Waals surface area contributed by atoms with Gasteiger partial charge in [0.25, 0.3) is 0 Å². The van der Waals surface area contributed by atoms with Gasteiger partial charge in [-0.05, 0) is 37.5 Å². The summed E-state index contributed by atoms with van der Waals surface area (Å²) in [5, 5.41) is 2.81. The maximum atomic E-state index is 12.4. The minimum absolute atomic E-state index is 0.202. The molecule has 2 heterocycles. The van der Waals surface area contributed by atoms with Crippen molar-refractivity contribution in [2.24, 2.45) is 0 Å². The summed E-state index contributed by atoms with van der Waals surface area (Å²) in [5.74, 6) is -0.302. The summed E-state index contributed by atoms with van der Waals surface area (Å²) in [7, 11) is 0. The fraction of sp³-hybridized carbons (Fsp3) is 0.300. The molecule has 7 nitrogen and oxygen atoms in total. The number of nitrogens with one attached hydrogen (secondary N) is 1. The maximum absolute atomic E-state index is 12.4. The molecule has 0 fully saturated rings. The minimum Gasteiger partial charge on any atom is -0.355 e. The lowest BCUT2D eigenvalue weighted by atomic mass is 10.1. The summed E-state index contributed by atoms with van der Waals surface area (Å²) < 4.78 is 2.52. The van der Waals surface area contributed by atoms with Crippen LogP contribution in [0.1, 0.15) is 18.9 Å². The molecule has 1 N–H and O–H groups in total. The monoisotopic (exact) mass is 366 g/mol. The van der Waals surface area contributed by atoms with E-state index in [1.54, 1.807) is 25.3 Å². The van der Waals surface area contributed by atoms with Gasteiger partial charge in [-0.2, -0.15) is 0 Å². The van der Waals surface area contributed by atoms with E-state index in [1.807, 2.05) is 30.3 Å². The predicted octanol–water partition coefficient (Wildman–Crippen LogP) is 1.33. The van der Waals surface area contributed by atoms with E-state index in [0.717, 1.165) is 12.8 Å². The fourth-order valence-electron chi connectivity index (χ4n) is 3.06. The van der Waals surface area contributed by atoms with E-state index >= 15 is 0 Å². The number of carbonyl (C=O) groups is 1. The molecule has 0 bridgehead atoms. The number of pyridine rings is 1. The molecule has 0 atom stereocenters. The summed E-state index contributed by atoms with van der Waals surface area (Å²) in [6.07, 6.45) is 3.22. The van der Waals surface area contributed by atoms with Crippen LogP contribution in [0.5, 0.6) is 0 Å². The Hall–Kier alpha value is -3.22. The van der Waals surface area contributed by atoms with Gasteiger partial charge in [0.05, 0.1) is 5.52 Å². The van der Waals surface area contributed by atoms with Crippen molar-refractivity contribution in [2.45, 2.75) is 32.9 Å². The second-order valence-electron chi connectivity index (χ2n) is 6.23. The summed E-state index contributed by atoms with van der Waals surface area (Å²) in [6, 6.07) is 13.4. The third kappa shape index (κ3) is 4.13. The smallest absolute Gasteiger partial charge is 0.318 e. The van der Waals surface area contributed by atoms with Crippen molar-refractivity contribution in [3.63, 3.8) is 0 Å². The van der Waals surface area contributed by atoms with E-state index in [4.69, 9.17) is 0 Å². The molecular weight excluding hydrogens is 344 g/mol. The number of fused-ring (bicyclic) bond motifs is 1. The molecule has 0 aliphatic heterocycles. The van der Waals surface area contributed by atoms with Crippen LogP contribution in [0.4, 0.5) is 0 Å². The third-order valence-corrected chi connectivity index (χ3v) is 4.41. The van der Waals surface area contributed by atoms with Crippen molar-refractivity contribution < 1.29 is 4.79 Å². The number of rotatable bonds is 7. The average Bonchev–Trinajstić information content (AvgIpc) is 2.70. The van der Waals surface area contributed by atoms with Gasteiger partial charge in [-0.15, -0.1) is 0 Å². The topological polar surface area (TPSA) is 86.0 Å². The number of aryl methyl sites for hydroxylation is 2. The molecule has 0 saturated heterocycles. The van der Waals surface area contributed by atoms with Crippen molar-refractivity contribution in [1.82, 2.24) is 19.4 Å². The van der Waals surface area contributed by atoms with Crippen LogP contribution >= 0.6 is 0 Å². The van der Waals surface area contributed by atoms with Crippen LogP contribution in [0.2, 0.25) is 0 Å². The Balaban J connectivity index is 1.71. The highest BCUT2D eigenvalue weighted by molar-refractivity contribution is 5.78. The molecule has 0 aliphatic rings. The number of aromatic nitrogens is 3. The van der Waals surface area contributed by atoms with Gasteiger partial charge in [0.1, 0.15) is 6.54 Å². The number of hydrogen-bond acceptors (Lipinski definition) is 4. The lowest BCUT2D eigenvalue weighted by Gasteiger charge is -2.13. The second-order valence-corrected chi connectivity index (χ2v) is 6.23. The lowest BCUT2D eigenvalue weighted by Crippen LogP contribution is -2.44. The number of amides is 1. The molecule has 1 amide bonds. The zero-order chi connectivity index (χ0) is 19.2. The van der Waals surface area contributed by atoms with Crippen molar-refractivity contribution >= 4 is 17.1 Å². The molecule has 140 valence electrons. The van der Waals surface area contributed by atoms with Crippen LogP contribution in [0.15, 0.2) is 58.3 Å². The molecular formula is C20H22N4O3. The van der Waals surface area contributed by atoms with Gasteiger partial charge in [-0.3, -0.25) is 23.5 Å². The van der Waals surface area contributed by atoms with Crippen LogP contribution in [-0.2, 0) is 24.3 Å². The van der Waals surface area contributed by atoms with E-state index in [2.05, 4.69) is 10.3 Å². The molecule has 2 aromatic heterocycles. The van der Waals surface area contributed by atoms with Gasteiger partial charge in [0, 0.05) is 19.3 Å². The number of carbonyl (C=O) groups excluding carboxylic acids is 1. The number of benzene rings is 1. The molecule has 1 aromatic carbocycles. The third-order valence-electron chi connectivity index (χ3n) is 4.41. The van der Waals surface area contributed by atoms with Crippen LogP contribution in [0.3, 0.4) is 0 Å². The summed E-state index contributed by atoms with van der Waals surface area (Å²) >= 11 is 0. The van der Waals surface area contributed by atoms with Crippen LogP contribution in [0, 0.1) is 0 Å². The summed E-state index contributed by atoms with van der Waals surface area (Å²) in [6.45, 7) is 2.42. The highest BCUT2D eigenvalue weighted by Crippen LogP contribution is 2.07. The number of nitrogens with zero attached hydrogens (tertiary/aromatic N) is 3. The standard InChI is InChI=1S/C20H22N4O3/c1-2-23-18-16(11-7-13-22-18)24(20(27)19(23)26)14-17(25)21-12-6-10-15-8-4-3-5-9-15/h3-5,7-9,11,13H,2,6,10,12,14H2,1H3,(H,21,25). The normalized spacial score (nSPS) is 10.9. The predicted molar refractivity (Wildman–Crippen MR) is 104 cm³/mol. The molecule has 3 rings (SSSR count). The van der Waals surface area contributed by atoms with Crippen molar-refractivity contribution in [3.8, 4) is 0 Å². The molecule has 0 spiro atoms. The van der Waals surface area contributed by atoms with Gasteiger partial charge in [-0.1, -0.05) is 30.3 Å². The summed E-state index contributed by atoms with van der Waals surface area (Å²) in [5.41, 5.74) is 0.713. The first-order valence-electron chi connectivity index (χ1n) is 9.00. The fourth-order valence-corrected chi connectivity index (χ4v) is 3.06. The highest BCUT2D eigenvalue weighted by Gasteiger charge is 2.15. The molecule has 0 saturated carbocycles. The first kappa shape index (κ1) is 18.6. The van der Waals surface area contributed by atoms with E-state index < -0.39 is 11.1 Å². The number of hydrogen-bond donors (Lipinski definition) is 1. The Kier molecular flexibility index (Phi) is 5.80. The van der Waals surface area contributed by atoms with Crippen molar-refractivity contribution in [2.75, 3.05) is 6.54 Å². The van der Waals surface area contributed by atoms with E-state index in [9.17, 15) is 14.4 Å². The Morgan fingerprint density at radius 3 is 2.52 bits per heavy atom. The lowest BCUT2D eigenvalue weighted by molar-refractivity contribution is -0.121. The van der Waals surface area contributed by atoms with E-state index in [0.29, 0.717) is 24.3 Å². The Morgan fingerprint density at radius 1 is 1.04 bits per heavy atom. The Bertz CT molecular complexity index is 1050. The molecule has 3 aromatic rings. The van der Waals surface area contributed by atoms with Crippen molar-refractivity contribution in [3.05, 3.63) is 74.9 Å². The minimum atomic E-state index is -0.711. The summed E-state index contributed by atoms with van der Waals surface area (Å²) in [4.78, 5) is 41.2. The second kappa shape index (κ2) is 8.44. The van der Waals surface area contributed by atoms with E-state index in [-0.39, 0.29) is 12.5 Å². The van der Waals surface area contributed by atoms with E-state index in [1.165, 1.54) is 14.7 Å². The maximum Gasteiger partial charge on any atom is 0.318 e. The molecule has 0 aliphatic carbocycles. The van der Waals surface area contributed by atoms with Gasteiger partial charge < -0.3 is 5.32 Å². The zero-order valence-electron chi connectivity index (χ0n) is 15.2.